The molecule has 0 aliphatic heterocycles. The molecule has 15 heavy (non-hydrogen) atoms. The van der Waals surface area contributed by atoms with E-state index in [0.717, 1.165) is 17.9 Å². The number of hydrogen-bond donors (Lipinski definition) is 1. The van der Waals surface area contributed by atoms with E-state index < -0.39 is 0 Å². The molecule has 1 aromatic rings. The smallest absolute Gasteiger partial charge is 0.0658 e. The highest BCUT2D eigenvalue weighted by molar-refractivity contribution is 5.12. The maximum absolute atomic E-state index is 4.51. The molecule has 2 saturated carbocycles. The summed E-state index contributed by atoms with van der Waals surface area (Å²) in [7, 11) is 2.00. The number of nitrogens with zero attached hydrogens (tertiary/aromatic N) is 2. The van der Waals surface area contributed by atoms with Crippen molar-refractivity contribution in [3.8, 4) is 0 Å². The highest BCUT2D eigenvalue weighted by Gasteiger charge is 2.34. The molecule has 1 N–H and O–H groups in total. The van der Waals surface area contributed by atoms with Gasteiger partial charge in [0, 0.05) is 25.2 Å². The third-order valence-electron chi connectivity index (χ3n) is 3.78. The Bertz CT molecular complexity index is 340. The largest absolute Gasteiger partial charge is 0.314 e. The Morgan fingerprint density at radius 2 is 2.27 bits per heavy atom. The molecule has 3 nitrogen and oxygen atoms in total. The fourth-order valence-corrected chi connectivity index (χ4v) is 2.44. The lowest BCUT2D eigenvalue weighted by molar-refractivity contribution is 0.239. The van der Waals surface area contributed by atoms with E-state index in [1.165, 1.54) is 37.9 Å². The lowest BCUT2D eigenvalue weighted by Crippen LogP contribution is -2.35. The zero-order valence-electron chi connectivity index (χ0n) is 9.32. The SMILES string of the molecule is Cn1ccc(C2CCC2CNC2CC2)n1. The molecule has 2 fully saturated rings. The van der Waals surface area contributed by atoms with Gasteiger partial charge in [0.15, 0.2) is 0 Å². The molecule has 82 valence electrons. The van der Waals surface area contributed by atoms with Crippen molar-refractivity contribution in [3.05, 3.63) is 18.0 Å². The molecule has 2 aliphatic carbocycles. The molecule has 0 amide bonds. The van der Waals surface area contributed by atoms with Gasteiger partial charge in [0.05, 0.1) is 5.69 Å². The quantitative estimate of drug-likeness (QED) is 0.810. The number of aromatic nitrogens is 2. The van der Waals surface area contributed by atoms with Crippen LogP contribution in [0.15, 0.2) is 12.3 Å². The summed E-state index contributed by atoms with van der Waals surface area (Å²) < 4.78 is 1.92. The summed E-state index contributed by atoms with van der Waals surface area (Å²) in [6.45, 7) is 1.20. The van der Waals surface area contributed by atoms with Gasteiger partial charge in [0.1, 0.15) is 0 Å². The van der Waals surface area contributed by atoms with Crippen LogP contribution >= 0.6 is 0 Å². The van der Waals surface area contributed by atoms with Crippen LogP contribution in [0.25, 0.3) is 0 Å². The summed E-state index contributed by atoms with van der Waals surface area (Å²) in [5.41, 5.74) is 1.30. The van der Waals surface area contributed by atoms with Gasteiger partial charge in [-0.05, 0) is 44.2 Å². The minimum absolute atomic E-state index is 0.720. The van der Waals surface area contributed by atoms with Crippen molar-refractivity contribution in [1.82, 2.24) is 15.1 Å². The van der Waals surface area contributed by atoms with Gasteiger partial charge in [-0.2, -0.15) is 5.10 Å². The molecule has 0 spiro atoms. The van der Waals surface area contributed by atoms with Crippen molar-refractivity contribution in [2.24, 2.45) is 13.0 Å². The topological polar surface area (TPSA) is 29.9 Å². The minimum Gasteiger partial charge on any atom is -0.314 e. The second kappa shape index (κ2) is 3.63. The molecule has 1 aromatic heterocycles. The van der Waals surface area contributed by atoms with Crippen LogP contribution in [0.5, 0.6) is 0 Å². The minimum atomic E-state index is 0.720. The summed E-state index contributed by atoms with van der Waals surface area (Å²) in [5.74, 6) is 1.55. The van der Waals surface area contributed by atoms with Gasteiger partial charge < -0.3 is 5.32 Å². The van der Waals surface area contributed by atoms with E-state index in [-0.39, 0.29) is 0 Å². The van der Waals surface area contributed by atoms with Crippen molar-refractivity contribution in [3.63, 3.8) is 0 Å². The molecule has 3 heteroatoms. The summed E-state index contributed by atoms with van der Waals surface area (Å²) in [6.07, 6.45) is 7.54. The fraction of sp³-hybridized carbons (Fsp3) is 0.750. The van der Waals surface area contributed by atoms with E-state index in [1.54, 1.807) is 0 Å². The predicted octanol–water partition coefficient (Wildman–Crippen LogP) is 1.67. The van der Waals surface area contributed by atoms with Gasteiger partial charge in [-0.15, -0.1) is 0 Å². The zero-order chi connectivity index (χ0) is 10.3. The Labute approximate surface area is 90.9 Å². The van der Waals surface area contributed by atoms with Crippen molar-refractivity contribution >= 4 is 0 Å². The van der Waals surface area contributed by atoms with Crippen LogP contribution in [-0.4, -0.2) is 22.4 Å². The van der Waals surface area contributed by atoms with Gasteiger partial charge in [-0.25, -0.2) is 0 Å². The van der Waals surface area contributed by atoms with Gasteiger partial charge >= 0.3 is 0 Å². The van der Waals surface area contributed by atoms with E-state index in [4.69, 9.17) is 0 Å². The molecule has 0 aromatic carbocycles. The monoisotopic (exact) mass is 205 g/mol. The van der Waals surface area contributed by atoms with E-state index >= 15 is 0 Å². The van der Waals surface area contributed by atoms with Gasteiger partial charge in [-0.3, -0.25) is 4.68 Å². The first-order valence-electron chi connectivity index (χ1n) is 6.06. The molecular formula is C12H19N3. The van der Waals surface area contributed by atoms with E-state index in [9.17, 15) is 0 Å². The molecule has 2 unspecified atom stereocenters. The second-order valence-electron chi connectivity index (χ2n) is 5.04. The molecular weight excluding hydrogens is 186 g/mol. The first-order chi connectivity index (χ1) is 7.33. The molecule has 3 rings (SSSR count). The van der Waals surface area contributed by atoms with Crippen LogP contribution in [0.4, 0.5) is 0 Å². The average Bonchev–Trinajstić information content (AvgIpc) is 2.89. The zero-order valence-corrected chi connectivity index (χ0v) is 9.32. The maximum Gasteiger partial charge on any atom is 0.0658 e. The van der Waals surface area contributed by atoms with Gasteiger partial charge in [0.25, 0.3) is 0 Å². The maximum atomic E-state index is 4.51. The first-order valence-corrected chi connectivity index (χ1v) is 6.06. The highest BCUT2D eigenvalue weighted by atomic mass is 15.2. The Balaban J connectivity index is 1.57. The van der Waals surface area contributed by atoms with Crippen LogP contribution in [0.1, 0.15) is 37.3 Å². The summed E-state index contributed by atoms with van der Waals surface area (Å²) in [6, 6.07) is 3.02. The summed E-state index contributed by atoms with van der Waals surface area (Å²) in [4.78, 5) is 0. The number of aryl methyl sites for hydroxylation is 1. The Morgan fingerprint density at radius 1 is 1.40 bits per heavy atom. The lowest BCUT2D eigenvalue weighted by Gasteiger charge is -2.35. The van der Waals surface area contributed by atoms with Gasteiger partial charge in [0.2, 0.25) is 0 Å². The third kappa shape index (κ3) is 1.93. The van der Waals surface area contributed by atoms with Crippen molar-refractivity contribution in [2.45, 2.75) is 37.6 Å². The second-order valence-corrected chi connectivity index (χ2v) is 5.04. The Morgan fingerprint density at radius 3 is 2.80 bits per heavy atom. The highest BCUT2D eigenvalue weighted by Crippen LogP contribution is 2.41. The molecule has 0 bridgehead atoms. The molecule has 2 atom stereocenters. The number of nitrogens with one attached hydrogen (secondary N) is 1. The lowest BCUT2D eigenvalue weighted by atomic mass is 9.72. The van der Waals surface area contributed by atoms with Crippen molar-refractivity contribution in [1.29, 1.82) is 0 Å². The molecule has 1 heterocycles. The molecule has 0 saturated heterocycles. The third-order valence-corrected chi connectivity index (χ3v) is 3.78. The first kappa shape index (κ1) is 9.40. The van der Waals surface area contributed by atoms with Crippen LogP contribution in [-0.2, 0) is 7.05 Å². The number of rotatable bonds is 4. The summed E-state index contributed by atoms with van der Waals surface area (Å²) >= 11 is 0. The summed E-state index contributed by atoms with van der Waals surface area (Å²) in [5, 5.41) is 8.15. The van der Waals surface area contributed by atoms with E-state index in [1.807, 2.05) is 11.7 Å². The van der Waals surface area contributed by atoms with E-state index in [0.29, 0.717) is 0 Å². The van der Waals surface area contributed by atoms with Crippen LogP contribution in [0.3, 0.4) is 0 Å². The van der Waals surface area contributed by atoms with Crippen molar-refractivity contribution < 1.29 is 0 Å². The van der Waals surface area contributed by atoms with Gasteiger partial charge in [-0.1, -0.05) is 0 Å². The molecule has 0 radical (unpaired) electrons. The standard InChI is InChI=1S/C12H19N3/c1-15-7-6-12(14-15)11-5-2-9(11)8-13-10-3-4-10/h6-7,9-11,13H,2-5,8H2,1H3. The molecule has 2 aliphatic rings. The van der Waals surface area contributed by atoms with E-state index in [2.05, 4.69) is 22.7 Å². The normalized spacial score (nSPS) is 30.2. The van der Waals surface area contributed by atoms with Crippen LogP contribution in [0.2, 0.25) is 0 Å². The van der Waals surface area contributed by atoms with Crippen LogP contribution in [0, 0.1) is 5.92 Å². The predicted molar refractivity (Wildman–Crippen MR) is 59.7 cm³/mol. The number of hydrogen-bond acceptors (Lipinski definition) is 2. The Kier molecular flexibility index (Phi) is 2.28. The fourth-order valence-electron chi connectivity index (χ4n) is 2.44. The van der Waals surface area contributed by atoms with Crippen molar-refractivity contribution in [2.75, 3.05) is 6.54 Å². The van der Waals surface area contributed by atoms with Crippen LogP contribution < -0.4 is 5.32 Å². The Hall–Kier alpha value is -0.830. The average molecular weight is 205 g/mol.